The number of anilines is 2. The maximum absolute atomic E-state index is 13.0. The number of likely N-dealkylation sites (N-methyl/N-ethyl adjacent to an activating group) is 2. The van der Waals surface area contributed by atoms with Crippen molar-refractivity contribution in [2.45, 2.75) is 13.5 Å². The molecule has 250 valence electrons. The minimum Gasteiger partial charge on any atom is -0.487 e. The summed E-state index contributed by atoms with van der Waals surface area (Å²) in [6.45, 7) is 5.62. The maximum atomic E-state index is 13.0. The number of aryl methyl sites for hydroxylation is 1. The highest BCUT2D eigenvalue weighted by Gasteiger charge is 2.21. The summed E-state index contributed by atoms with van der Waals surface area (Å²) in [7, 11) is 5.27. The molecule has 1 aliphatic rings. The van der Waals surface area contributed by atoms with Gasteiger partial charge < -0.3 is 30.1 Å². The summed E-state index contributed by atoms with van der Waals surface area (Å²) in [6.07, 6.45) is 2.92. The Kier molecular flexibility index (Phi) is 11.2. The van der Waals surface area contributed by atoms with E-state index in [0.717, 1.165) is 54.0 Å². The van der Waals surface area contributed by atoms with Gasteiger partial charge in [-0.15, -0.1) is 0 Å². The molecule has 4 aromatic rings. The van der Waals surface area contributed by atoms with Crippen LogP contribution in [-0.2, 0) is 16.2 Å². The van der Waals surface area contributed by atoms with E-state index in [4.69, 9.17) is 32.9 Å². The third-order valence-corrected chi connectivity index (χ3v) is 9.04. The van der Waals surface area contributed by atoms with Gasteiger partial charge in [-0.25, -0.2) is 4.98 Å². The van der Waals surface area contributed by atoms with Crippen LogP contribution in [0.1, 0.15) is 27.2 Å². The van der Waals surface area contributed by atoms with E-state index < -0.39 is 5.91 Å². The molecule has 0 aliphatic carbocycles. The molecule has 0 atom stereocenters. The number of nitrogens with one attached hydrogen (secondary N) is 2. The van der Waals surface area contributed by atoms with Crippen molar-refractivity contribution in [1.82, 2.24) is 20.5 Å². The number of piperazine rings is 1. The molecule has 0 saturated carbocycles. The van der Waals surface area contributed by atoms with Gasteiger partial charge in [0.05, 0.1) is 17.3 Å². The number of ether oxygens (including phenoxy) is 1. The molecule has 12 heteroatoms. The number of carbonyl (C=O) groups excluding carboxylic acids is 3. The number of halogens is 2. The molecule has 1 aromatic heterocycles. The van der Waals surface area contributed by atoms with Crippen LogP contribution in [0.5, 0.6) is 5.75 Å². The van der Waals surface area contributed by atoms with Crippen LogP contribution in [0.4, 0.5) is 11.4 Å². The highest BCUT2D eigenvalue weighted by atomic mass is 35.5. The Labute approximate surface area is 290 Å². The Hall–Kier alpha value is -4.64. The van der Waals surface area contributed by atoms with Crippen molar-refractivity contribution >= 4 is 69.3 Å². The lowest BCUT2D eigenvalue weighted by atomic mass is 10.1. The number of aromatic nitrogens is 1. The highest BCUT2D eigenvalue weighted by molar-refractivity contribution is 6.38. The number of amides is 3. The van der Waals surface area contributed by atoms with Crippen molar-refractivity contribution in [2.75, 3.05) is 63.7 Å². The van der Waals surface area contributed by atoms with Gasteiger partial charge in [-0.2, -0.15) is 0 Å². The molecule has 0 radical (unpaired) electrons. The van der Waals surface area contributed by atoms with Crippen LogP contribution < -0.4 is 25.2 Å². The summed E-state index contributed by atoms with van der Waals surface area (Å²) < 4.78 is 6.30. The normalized spacial score (nSPS) is 13.5. The fraction of sp³-hybridized carbons (Fsp3) is 0.278. The van der Waals surface area contributed by atoms with Crippen LogP contribution in [0.2, 0.25) is 10.0 Å². The third kappa shape index (κ3) is 8.07. The predicted octanol–water partition coefficient (Wildman–Crippen LogP) is 5.33. The standard InChI is InChI=1S/C36H38Cl2N6O4/c1-23-20-30(44-18-16-42(3)17-19-44)26-6-5-7-31(35(26)41-23)48-22-27-28(37)13-14-29(34(27)38)43(4)33(46)21-40-32(45)15-10-24-8-11-25(12-9-24)36(47)39-2/h5-15,20H,16-19,21-22H2,1-4H3,(H,39,47)(H,40,45)/b15-10+. The molecule has 10 nitrogen and oxygen atoms in total. The van der Waals surface area contributed by atoms with Crippen molar-refractivity contribution < 1.29 is 19.1 Å². The molecule has 1 saturated heterocycles. The van der Waals surface area contributed by atoms with Crippen LogP contribution >= 0.6 is 23.2 Å². The van der Waals surface area contributed by atoms with Crippen LogP contribution in [-0.4, -0.2) is 81.5 Å². The van der Waals surface area contributed by atoms with Gasteiger partial charge in [0.1, 0.15) is 17.9 Å². The maximum Gasteiger partial charge on any atom is 0.251 e. The topological polar surface area (TPSA) is 107 Å². The van der Waals surface area contributed by atoms with Crippen LogP contribution in [0, 0.1) is 6.92 Å². The van der Waals surface area contributed by atoms with Gasteiger partial charge in [-0.1, -0.05) is 47.5 Å². The number of pyridine rings is 1. The van der Waals surface area contributed by atoms with Gasteiger partial charge in [-0.05, 0) is 62.0 Å². The molecule has 1 aliphatic heterocycles. The second-order valence-corrected chi connectivity index (χ2v) is 12.4. The fourth-order valence-corrected chi connectivity index (χ4v) is 6.02. The van der Waals surface area contributed by atoms with E-state index in [1.165, 1.54) is 11.0 Å². The molecule has 5 rings (SSSR count). The summed E-state index contributed by atoms with van der Waals surface area (Å²) in [5, 5.41) is 6.83. The zero-order valence-electron chi connectivity index (χ0n) is 27.3. The Bertz CT molecular complexity index is 1860. The molecular formula is C36H38Cl2N6O4. The quantitative estimate of drug-likeness (QED) is 0.217. The van der Waals surface area contributed by atoms with Crippen molar-refractivity contribution in [3.8, 4) is 5.75 Å². The molecule has 1 fully saturated rings. The van der Waals surface area contributed by atoms with Crippen molar-refractivity contribution in [3.63, 3.8) is 0 Å². The summed E-state index contributed by atoms with van der Waals surface area (Å²) in [4.78, 5) is 48.1. The van der Waals surface area contributed by atoms with Crippen molar-refractivity contribution in [3.05, 3.63) is 99.2 Å². The molecule has 48 heavy (non-hydrogen) atoms. The number of carbonyl (C=O) groups is 3. The largest absolute Gasteiger partial charge is 0.487 e. The SMILES string of the molecule is CNC(=O)c1ccc(/C=C/C(=O)NCC(=O)N(C)c2ccc(Cl)c(COc3cccc4c(N5CCN(C)CC5)cc(C)nc34)c2Cl)cc1. The smallest absolute Gasteiger partial charge is 0.251 e. The number of hydrogen-bond acceptors (Lipinski definition) is 7. The Morgan fingerprint density at radius 1 is 1.02 bits per heavy atom. The average Bonchev–Trinajstić information content (AvgIpc) is 3.09. The molecule has 0 spiro atoms. The summed E-state index contributed by atoms with van der Waals surface area (Å²) in [6, 6.07) is 18.1. The minimum atomic E-state index is -0.446. The van der Waals surface area contributed by atoms with Crippen LogP contribution in [0.15, 0.2) is 66.7 Å². The lowest BCUT2D eigenvalue weighted by Crippen LogP contribution is -2.44. The van der Waals surface area contributed by atoms with E-state index >= 15 is 0 Å². The Balaban J connectivity index is 1.25. The Morgan fingerprint density at radius 3 is 2.46 bits per heavy atom. The molecule has 2 heterocycles. The second-order valence-electron chi connectivity index (χ2n) is 11.6. The first-order valence-corrected chi connectivity index (χ1v) is 16.3. The van der Waals surface area contributed by atoms with E-state index in [1.807, 2.05) is 19.1 Å². The number of rotatable bonds is 10. The molecule has 0 bridgehead atoms. The molecule has 3 aromatic carbocycles. The van der Waals surface area contributed by atoms with Crippen molar-refractivity contribution in [2.24, 2.45) is 0 Å². The van der Waals surface area contributed by atoms with Gasteiger partial charge in [0.2, 0.25) is 11.8 Å². The number of hydrogen-bond donors (Lipinski definition) is 2. The van der Waals surface area contributed by atoms with E-state index in [1.54, 1.807) is 56.6 Å². The number of fused-ring (bicyclic) bond motifs is 1. The summed E-state index contributed by atoms with van der Waals surface area (Å²) in [5.74, 6) is -0.420. The Morgan fingerprint density at radius 2 is 1.75 bits per heavy atom. The zero-order valence-corrected chi connectivity index (χ0v) is 28.9. The predicted molar refractivity (Wildman–Crippen MR) is 192 cm³/mol. The van der Waals surface area contributed by atoms with E-state index in [2.05, 4.69) is 39.6 Å². The van der Waals surface area contributed by atoms with Gasteiger partial charge in [0.25, 0.3) is 5.91 Å². The first kappa shape index (κ1) is 34.7. The number of para-hydroxylation sites is 1. The summed E-state index contributed by atoms with van der Waals surface area (Å²) >= 11 is 13.4. The van der Waals surface area contributed by atoms with Gasteiger partial charge in [0, 0.05) is 79.3 Å². The lowest BCUT2D eigenvalue weighted by Gasteiger charge is -2.34. The molecular weight excluding hydrogens is 651 g/mol. The average molecular weight is 690 g/mol. The van der Waals surface area contributed by atoms with Gasteiger partial charge in [-0.3, -0.25) is 14.4 Å². The minimum absolute atomic E-state index is 0.0533. The van der Waals surface area contributed by atoms with Crippen LogP contribution in [0.25, 0.3) is 17.0 Å². The van der Waals surface area contributed by atoms with Crippen molar-refractivity contribution in [1.29, 1.82) is 0 Å². The van der Waals surface area contributed by atoms with E-state index in [-0.39, 0.29) is 30.0 Å². The van der Waals surface area contributed by atoms with Crippen LogP contribution in [0.3, 0.4) is 0 Å². The van der Waals surface area contributed by atoms with E-state index in [9.17, 15) is 14.4 Å². The number of benzene rings is 3. The summed E-state index contributed by atoms with van der Waals surface area (Å²) in [5.41, 5.74) is 4.97. The fourth-order valence-electron chi connectivity index (χ4n) is 5.42. The molecule has 2 N–H and O–H groups in total. The molecule has 3 amide bonds. The molecule has 0 unspecified atom stereocenters. The first-order valence-electron chi connectivity index (χ1n) is 15.5. The highest BCUT2D eigenvalue weighted by Crippen LogP contribution is 2.37. The lowest BCUT2D eigenvalue weighted by molar-refractivity contribution is -0.122. The van der Waals surface area contributed by atoms with E-state index in [0.29, 0.717) is 27.6 Å². The number of nitrogens with zero attached hydrogens (tertiary/aromatic N) is 4. The van der Waals surface area contributed by atoms with Gasteiger partial charge in [0.15, 0.2) is 0 Å². The zero-order chi connectivity index (χ0) is 34.4. The first-order chi connectivity index (χ1) is 23.0. The second kappa shape index (κ2) is 15.5. The third-order valence-electron chi connectivity index (χ3n) is 8.27. The van der Waals surface area contributed by atoms with Gasteiger partial charge >= 0.3 is 0 Å². The monoisotopic (exact) mass is 688 g/mol.